The second-order valence-electron chi connectivity index (χ2n) is 6.43. The quantitative estimate of drug-likeness (QED) is 0.810. The van der Waals surface area contributed by atoms with Gasteiger partial charge in [-0.2, -0.15) is 0 Å². The van der Waals surface area contributed by atoms with Gasteiger partial charge in [-0.3, -0.25) is 0 Å². The Morgan fingerprint density at radius 2 is 1.94 bits per heavy atom. The fraction of sp³-hybridized carbons (Fsp3) is 0.867. The van der Waals surface area contributed by atoms with Crippen LogP contribution in [0.3, 0.4) is 0 Å². The lowest BCUT2D eigenvalue weighted by Crippen LogP contribution is -2.46. The Kier molecular flexibility index (Phi) is 3.82. The maximum Gasteiger partial charge on any atom is 0.0340 e. The summed E-state index contributed by atoms with van der Waals surface area (Å²) < 4.78 is 0. The van der Waals surface area contributed by atoms with Gasteiger partial charge in [0.25, 0.3) is 0 Å². The van der Waals surface area contributed by atoms with Gasteiger partial charge in [0.2, 0.25) is 0 Å². The van der Waals surface area contributed by atoms with E-state index in [1.807, 2.05) is 0 Å². The van der Waals surface area contributed by atoms with Crippen LogP contribution in [0.25, 0.3) is 0 Å². The zero-order valence-corrected chi connectivity index (χ0v) is 11.8. The van der Waals surface area contributed by atoms with Crippen molar-refractivity contribution in [3.05, 3.63) is 12.3 Å². The van der Waals surface area contributed by atoms with Crippen LogP contribution in [0.1, 0.15) is 52.9 Å². The highest BCUT2D eigenvalue weighted by atomic mass is 15.2. The molecule has 0 amide bonds. The summed E-state index contributed by atoms with van der Waals surface area (Å²) in [4.78, 5) is 2.56. The van der Waals surface area contributed by atoms with Gasteiger partial charge in [-0.15, -0.1) is 0 Å². The molecular formula is C15H28N2. The van der Waals surface area contributed by atoms with Crippen molar-refractivity contribution in [2.24, 2.45) is 5.41 Å². The minimum atomic E-state index is 0.333. The Morgan fingerprint density at radius 3 is 2.47 bits per heavy atom. The third kappa shape index (κ3) is 2.85. The molecule has 2 aliphatic rings. The molecule has 0 radical (unpaired) electrons. The molecule has 2 heterocycles. The van der Waals surface area contributed by atoms with Gasteiger partial charge in [-0.05, 0) is 64.2 Å². The van der Waals surface area contributed by atoms with Crippen molar-refractivity contribution in [1.29, 1.82) is 0 Å². The summed E-state index contributed by atoms with van der Waals surface area (Å²) in [6.45, 7) is 10.7. The van der Waals surface area contributed by atoms with E-state index in [-0.39, 0.29) is 0 Å². The average Bonchev–Trinajstić information content (AvgIpc) is 2.30. The van der Waals surface area contributed by atoms with Gasteiger partial charge in [0.15, 0.2) is 0 Å². The Bertz CT molecular complexity index is 275. The highest BCUT2D eigenvalue weighted by molar-refractivity contribution is 5.08. The molecule has 2 rings (SSSR count). The molecule has 2 aliphatic heterocycles. The van der Waals surface area contributed by atoms with Gasteiger partial charge >= 0.3 is 0 Å². The highest BCUT2D eigenvalue weighted by Gasteiger charge is 2.34. The molecule has 2 heteroatoms. The van der Waals surface area contributed by atoms with Crippen LogP contribution in [-0.2, 0) is 0 Å². The van der Waals surface area contributed by atoms with E-state index < -0.39 is 0 Å². The number of rotatable bonds is 3. The van der Waals surface area contributed by atoms with Crippen LogP contribution >= 0.6 is 0 Å². The largest absolute Gasteiger partial charge is 0.373 e. The molecule has 1 saturated heterocycles. The first-order chi connectivity index (χ1) is 8.08. The van der Waals surface area contributed by atoms with Crippen LogP contribution in [0, 0.1) is 5.41 Å². The number of hydrogen-bond acceptors (Lipinski definition) is 2. The van der Waals surface area contributed by atoms with Crippen molar-refractivity contribution in [2.45, 2.75) is 58.4 Å². The summed E-state index contributed by atoms with van der Waals surface area (Å²) in [6.07, 6.45) is 11.5. The molecule has 1 N–H and O–H groups in total. The van der Waals surface area contributed by atoms with E-state index in [9.17, 15) is 0 Å². The second-order valence-corrected chi connectivity index (χ2v) is 6.43. The summed E-state index contributed by atoms with van der Waals surface area (Å²) in [7, 11) is 0. The molecule has 0 aromatic heterocycles. The average molecular weight is 236 g/mol. The number of nitrogens with zero attached hydrogens (tertiary/aromatic N) is 1. The number of piperidine rings is 1. The molecule has 17 heavy (non-hydrogen) atoms. The first-order valence-corrected chi connectivity index (χ1v) is 7.25. The number of allylic oxidation sites excluding steroid dienone is 1. The summed E-state index contributed by atoms with van der Waals surface area (Å²) in [5.74, 6) is 0. The van der Waals surface area contributed by atoms with E-state index in [0.717, 1.165) is 0 Å². The smallest absolute Gasteiger partial charge is 0.0340 e. The monoisotopic (exact) mass is 236 g/mol. The SMILES string of the molecule is CCCC(C)(C)N1C=CC2(CCNCC2)CC1. The molecule has 0 aromatic rings. The van der Waals surface area contributed by atoms with Crippen LogP contribution < -0.4 is 5.32 Å². The van der Waals surface area contributed by atoms with Gasteiger partial charge in [-0.1, -0.05) is 19.4 Å². The molecular weight excluding hydrogens is 208 g/mol. The zero-order chi connectivity index (χ0) is 12.4. The lowest BCUT2D eigenvalue weighted by molar-refractivity contribution is 0.117. The molecule has 0 atom stereocenters. The molecule has 0 aromatic carbocycles. The summed E-state index contributed by atoms with van der Waals surface area (Å²) >= 11 is 0. The molecule has 1 spiro atoms. The predicted molar refractivity (Wildman–Crippen MR) is 74.0 cm³/mol. The number of hydrogen-bond donors (Lipinski definition) is 1. The highest BCUT2D eigenvalue weighted by Crippen LogP contribution is 2.39. The van der Waals surface area contributed by atoms with Gasteiger partial charge in [0.1, 0.15) is 0 Å². The minimum absolute atomic E-state index is 0.333. The van der Waals surface area contributed by atoms with Crippen LogP contribution in [0.5, 0.6) is 0 Å². The first-order valence-electron chi connectivity index (χ1n) is 7.25. The zero-order valence-electron chi connectivity index (χ0n) is 11.8. The molecule has 2 nitrogen and oxygen atoms in total. The van der Waals surface area contributed by atoms with E-state index in [2.05, 4.69) is 43.3 Å². The summed E-state index contributed by atoms with van der Waals surface area (Å²) in [5, 5.41) is 3.47. The molecule has 0 aliphatic carbocycles. The lowest BCUT2D eigenvalue weighted by Gasteiger charge is -2.46. The second kappa shape index (κ2) is 5.01. The lowest BCUT2D eigenvalue weighted by atomic mass is 9.74. The third-order valence-electron chi connectivity index (χ3n) is 4.70. The predicted octanol–water partition coefficient (Wildman–Crippen LogP) is 3.15. The molecule has 1 fully saturated rings. The molecule has 0 saturated carbocycles. The van der Waals surface area contributed by atoms with Crippen molar-refractivity contribution < 1.29 is 0 Å². The van der Waals surface area contributed by atoms with E-state index in [4.69, 9.17) is 0 Å². The fourth-order valence-electron chi connectivity index (χ4n) is 3.35. The topological polar surface area (TPSA) is 15.3 Å². The van der Waals surface area contributed by atoms with Crippen molar-refractivity contribution in [1.82, 2.24) is 10.2 Å². The van der Waals surface area contributed by atoms with Crippen LogP contribution in [0.15, 0.2) is 12.3 Å². The first kappa shape index (κ1) is 12.9. The maximum absolute atomic E-state index is 3.47. The van der Waals surface area contributed by atoms with Gasteiger partial charge in [0.05, 0.1) is 0 Å². The van der Waals surface area contributed by atoms with Crippen molar-refractivity contribution in [2.75, 3.05) is 19.6 Å². The van der Waals surface area contributed by atoms with Crippen LogP contribution in [-0.4, -0.2) is 30.1 Å². The fourth-order valence-corrected chi connectivity index (χ4v) is 3.35. The summed E-state index contributed by atoms with van der Waals surface area (Å²) in [6, 6.07) is 0. The molecule has 0 bridgehead atoms. The van der Waals surface area contributed by atoms with E-state index in [0.29, 0.717) is 11.0 Å². The Hall–Kier alpha value is -0.500. The minimum Gasteiger partial charge on any atom is -0.373 e. The van der Waals surface area contributed by atoms with E-state index in [1.165, 1.54) is 51.7 Å². The normalized spacial score (nSPS) is 24.3. The Labute approximate surface area is 106 Å². The van der Waals surface area contributed by atoms with Crippen LogP contribution in [0.2, 0.25) is 0 Å². The Morgan fingerprint density at radius 1 is 1.24 bits per heavy atom. The van der Waals surface area contributed by atoms with E-state index >= 15 is 0 Å². The molecule has 0 unspecified atom stereocenters. The summed E-state index contributed by atoms with van der Waals surface area (Å²) in [5.41, 5.74) is 0.851. The van der Waals surface area contributed by atoms with Crippen molar-refractivity contribution >= 4 is 0 Å². The van der Waals surface area contributed by atoms with Crippen molar-refractivity contribution in [3.8, 4) is 0 Å². The third-order valence-corrected chi connectivity index (χ3v) is 4.70. The van der Waals surface area contributed by atoms with Crippen LogP contribution in [0.4, 0.5) is 0 Å². The number of nitrogens with one attached hydrogen (secondary N) is 1. The maximum atomic E-state index is 3.47. The Balaban J connectivity index is 2.01. The van der Waals surface area contributed by atoms with E-state index in [1.54, 1.807) is 0 Å². The van der Waals surface area contributed by atoms with Gasteiger partial charge < -0.3 is 10.2 Å². The molecule has 98 valence electrons. The van der Waals surface area contributed by atoms with Gasteiger partial charge in [-0.25, -0.2) is 0 Å². The van der Waals surface area contributed by atoms with Gasteiger partial charge in [0, 0.05) is 12.1 Å². The standard InChI is InChI=1S/C15H28N2/c1-4-5-14(2,3)17-12-8-15(9-13-17)6-10-16-11-7-15/h8,12,16H,4-7,9-11,13H2,1-3H3. The van der Waals surface area contributed by atoms with Crippen molar-refractivity contribution in [3.63, 3.8) is 0 Å².